The number of amides is 1. The van der Waals surface area contributed by atoms with E-state index >= 15 is 0 Å². The van der Waals surface area contributed by atoms with Gasteiger partial charge in [0, 0.05) is 24.3 Å². The van der Waals surface area contributed by atoms with E-state index in [2.05, 4.69) is 25.3 Å². The van der Waals surface area contributed by atoms with Gasteiger partial charge in [0.05, 0.1) is 25.1 Å². The second-order valence-electron chi connectivity index (χ2n) is 5.90. The number of alkyl halides is 3. The molecule has 0 aliphatic carbocycles. The highest BCUT2D eigenvalue weighted by atomic mass is 19.4. The Morgan fingerprint density at radius 1 is 1.36 bits per heavy atom. The molecule has 2 N–H and O–H groups in total. The lowest BCUT2D eigenvalue weighted by atomic mass is 10.1. The summed E-state index contributed by atoms with van der Waals surface area (Å²) < 4.78 is 60.9. The van der Waals surface area contributed by atoms with Gasteiger partial charge in [0.15, 0.2) is 12.3 Å². The number of hydrogen-bond acceptors (Lipinski definition) is 6. The van der Waals surface area contributed by atoms with Gasteiger partial charge in [0.25, 0.3) is 5.91 Å². The zero-order valence-electron chi connectivity index (χ0n) is 14.4. The molecule has 2 aromatic rings. The van der Waals surface area contributed by atoms with Crippen LogP contribution >= 0.6 is 0 Å². The minimum Gasteiger partial charge on any atom is -0.467 e. The number of nitrogens with zero attached hydrogens (tertiary/aromatic N) is 2. The zero-order chi connectivity index (χ0) is 20.1. The van der Waals surface area contributed by atoms with E-state index in [0.717, 1.165) is 18.5 Å². The number of carbonyl (C=O) groups is 1. The summed E-state index contributed by atoms with van der Waals surface area (Å²) in [4.78, 5) is 19.5. The maximum Gasteiger partial charge on any atom is 0.422 e. The SMILES string of the molecule is O=C(Nc1ccc([C@H]2CNCCO2)c(F)c1)c1cncc(OCC(F)(F)F)n1. The van der Waals surface area contributed by atoms with E-state index in [1.807, 2.05) is 0 Å². The first-order chi connectivity index (χ1) is 13.3. The number of hydrogen-bond donors (Lipinski definition) is 2. The van der Waals surface area contributed by atoms with Crippen molar-refractivity contribution in [3.63, 3.8) is 0 Å². The van der Waals surface area contributed by atoms with Gasteiger partial charge in [-0.2, -0.15) is 13.2 Å². The molecule has 1 fully saturated rings. The molecule has 1 atom stereocenters. The molecule has 0 spiro atoms. The third kappa shape index (κ3) is 5.36. The molecule has 0 radical (unpaired) electrons. The van der Waals surface area contributed by atoms with E-state index in [1.165, 1.54) is 12.1 Å². The smallest absolute Gasteiger partial charge is 0.422 e. The number of nitrogens with one attached hydrogen (secondary N) is 2. The number of rotatable bonds is 5. The predicted molar refractivity (Wildman–Crippen MR) is 89.5 cm³/mol. The number of anilines is 1. The molecule has 7 nitrogen and oxygen atoms in total. The van der Waals surface area contributed by atoms with Crippen molar-refractivity contribution in [2.45, 2.75) is 12.3 Å². The van der Waals surface area contributed by atoms with Gasteiger partial charge in [-0.05, 0) is 12.1 Å². The van der Waals surface area contributed by atoms with Gasteiger partial charge in [0.1, 0.15) is 5.82 Å². The van der Waals surface area contributed by atoms with Gasteiger partial charge in [-0.25, -0.2) is 9.37 Å². The molecule has 1 amide bonds. The summed E-state index contributed by atoms with van der Waals surface area (Å²) >= 11 is 0. The maximum atomic E-state index is 14.4. The van der Waals surface area contributed by atoms with Gasteiger partial charge < -0.3 is 20.1 Å². The summed E-state index contributed by atoms with van der Waals surface area (Å²) in [6, 6.07) is 4.12. The van der Waals surface area contributed by atoms with Crippen molar-refractivity contribution in [2.75, 3.05) is 31.6 Å². The Balaban J connectivity index is 1.66. The molecule has 28 heavy (non-hydrogen) atoms. The second-order valence-corrected chi connectivity index (χ2v) is 5.90. The van der Waals surface area contributed by atoms with Crippen LogP contribution in [0.4, 0.5) is 23.2 Å². The van der Waals surface area contributed by atoms with Crippen LogP contribution in [0.5, 0.6) is 5.88 Å². The van der Waals surface area contributed by atoms with E-state index in [-0.39, 0.29) is 11.4 Å². The fourth-order valence-corrected chi connectivity index (χ4v) is 2.51. The molecule has 0 bridgehead atoms. The average molecular weight is 400 g/mol. The predicted octanol–water partition coefficient (Wildman–Crippen LogP) is 2.47. The van der Waals surface area contributed by atoms with Crippen molar-refractivity contribution in [1.82, 2.24) is 15.3 Å². The second kappa shape index (κ2) is 8.48. The zero-order valence-corrected chi connectivity index (χ0v) is 14.4. The molecule has 150 valence electrons. The first-order valence-electron chi connectivity index (χ1n) is 8.26. The molecule has 1 saturated heterocycles. The van der Waals surface area contributed by atoms with E-state index in [0.29, 0.717) is 25.3 Å². The summed E-state index contributed by atoms with van der Waals surface area (Å²) in [6.07, 6.45) is -2.96. The third-order valence-electron chi connectivity index (χ3n) is 3.76. The molecule has 1 aliphatic heterocycles. The van der Waals surface area contributed by atoms with Gasteiger partial charge in [0.2, 0.25) is 5.88 Å². The molecule has 11 heteroatoms. The van der Waals surface area contributed by atoms with E-state index in [4.69, 9.17) is 4.74 Å². The van der Waals surface area contributed by atoms with Crippen LogP contribution in [0.15, 0.2) is 30.6 Å². The molecule has 3 rings (SSSR count). The van der Waals surface area contributed by atoms with Crippen molar-refractivity contribution in [3.8, 4) is 5.88 Å². The Morgan fingerprint density at radius 3 is 2.86 bits per heavy atom. The summed E-state index contributed by atoms with van der Waals surface area (Å²) in [6.45, 7) is 0.0769. The fraction of sp³-hybridized carbons (Fsp3) is 0.353. The van der Waals surface area contributed by atoms with Crippen molar-refractivity contribution >= 4 is 11.6 Å². The Bertz CT molecular complexity index is 841. The van der Waals surface area contributed by atoms with Crippen molar-refractivity contribution in [2.24, 2.45) is 0 Å². The largest absolute Gasteiger partial charge is 0.467 e. The lowest BCUT2D eigenvalue weighted by Crippen LogP contribution is -2.33. The average Bonchev–Trinajstić information content (AvgIpc) is 2.67. The van der Waals surface area contributed by atoms with Crippen molar-refractivity contribution < 1.29 is 31.8 Å². The molecule has 1 aliphatic rings. The van der Waals surface area contributed by atoms with Crippen LogP contribution in [-0.4, -0.2) is 48.4 Å². The standard InChI is InChI=1S/C17H16F4N4O3/c18-12-5-10(1-2-11(12)14-7-22-3-4-27-14)24-16(26)13-6-23-8-15(25-13)28-9-17(19,20)21/h1-2,5-6,8,14,22H,3-4,7,9H2,(H,24,26)/t14-/m1/s1. The summed E-state index contributed by atoms with van der Waals surface area (Å²) in [5, 5.41) is 5.51. The minimum atomic E-state index is -4.54. The number of ether oxygens (including phenoxy) is 2. The van der Waals surface area contributed by atoms with Crippen LogP contribution in [0.25, 0.3) is 0 Å². The highest BCUT2D eigenvalue weighted by Gasteiger charge is 2.29. The Kier molecular flexibility index (Phi) is 6.05. The fourth-order valence-electron chi connectivity index (χ4n) is 2.51. The Morgan fingerprint density at radius 2 is 2.18 bits per heavy atom. The van der Waals surface area contributed by atoms with Crippen LogP contribution in [0.2, 0.25) is 0 Å². The van der Waals surface area contributed by atoms with Gasteiger partial charge in [-0.3, -0.25) is 9.78 Å². The van der Waals surface area contributed by atoms with Gasteiger partial charge in [-0.1, -0.05) is 6.07 Å². The third-order valence-corrected chi connectivity index (χ3v) is 3.76. The van der Waals surface area contributed by atoms with E-state index < -0.39 is 36.5 Å². The lowest BCUT2D eigenvalue weighted by molar-refractivity contribution is -0.154. The first-order valence-corrected chi connectivity index (χ1v) is 8.26. The number of halogens is 4. The normalized spacial score (nSPS) is 17.2. The number of carbonyl (C=O) groups excluding carboxylic acids is 1. The Hall–Kier alpha value is -2.79. The maximum absolute atomic E-state index is 14.4. The molecule has 1 aromatic carbocycles. The summed E-state index contributed by atoms with van der Waals surface area (Å²) in [5.74, 6) is -1.78. The molecule has 1 aromatic heterocycles. The van der Waals surface area contributed by atoms with Crippen LogP contribution in [-0.2, 0) is 4.74 Å². The van der Waals surface area contributed by atoms with Gasteiger partial charge >= 0.3 is 6.18 Å². The minimum absolute atomic E-state index is 0.151. The van der Waals surface area contributed by atoms with Crippen LogP contribution < -0.4 is 15.4 Å². The molecular weight excluding hydrogens is 384 g/mol. The molecule has 0 unspecified atom stereocenters. The lowest BCUT2D eigenvalue weighted by Gasteiger charge is -2.24. The van der Waals surface area contributed by atoms with Crippen LogP contribution in [0.1, 0.15) is 22.2 Å². The van der Waals surface area contributed by atoms with E-state index in [9.17, 15) is 22.4 Å². The molecule has 0 saturated carbocycles. The van der Waals surface area contributed by atoms with E-state index in [1.54, 1.807) is 0 Å². The van der Waals surface area contributed by atoms with Crippen LogP contribution in [0.3, 0.4) is 0 Å². The summed E-state index contributed by atoms with van der Waals surface area (Å²) in [5.41, 5.74) is 0.231. The Labute approximate surface area is 157 Å². The quantitative estimate of drug-likeness (QED) is 0.751. The van der Waals surface area contributed by atoms with Crippen molar-refractivity contribution in [1.29, 1.82) is 0 Å². The topological polar surface area (TPSA) is 85.4 Å². The molecular formula is C17H16F4N4O3. The monoisotopic (exact) mass is 400 g/mol. The first kappa shape index (κ1) is 20.0. The van der Waals surface area contributed by atoms with Crippen molar-refractivity contribution in [3.05, 3.63) is 47.7 Å². The summed E-state index contributed by atoms with van der Waals surface area (Å²) in [7, 11) is 0. The van der Waals surface area contributed by atoms with Gasteiger partial charge in [-0.15, -0.1) is 0 Å². The van der Waals surface area contributed by atoms with Crippen LogP contribution in [0, 0.1) is 5.82 Å². The number of morpholine rings is 1. The highest BCUT2D eigenvalue weighted by Crippen LogP contribution is 2.24. The highest BCUT2D eigenvalue weighted by molar-refractivity contribution is 6.02. The molecule has 2 heterocycles. The number of benzene rings is 1. The number of aromatic nitrogens is 2.